The van der Waals surface area contributed by atoms with Crippen molar-refractivity contribution in [3.05, 3.63) is 42.1 Å². The summed E-state index contributed by atoms with van der Waals surface area (Å²) < 4.78 is 46.2. The molecule has 0 aliphatic carbocycles. The zero-order valence-electron chi connectivity index (χ0n) is 18.1. The second-order valence-corrected chi connectivity index (χ2v) is 10.9. The number of aryl methyl sites for hydroxylation is 1. The summed E-state index contributed by atoms with van der Waals surface area (Å²) in [6.07, 6.45) is 1.22. The van der Waals surface area contributed by atoms with Gasteiger partial charge in [-0.05, 0) is 45.9 Å². The predicted octanol–water partition coefficient (Wildman–Crippen LogP) is 3.50. The fourth-order valence-electron chi connectivity index (χ4n) is 2.63. The van der Waals surface area contributed by atoms with Gasteiger partial charge in [0.05, 0.1) is 17.7 Å². The molecule has 2 heterocycles. The molecule has 0 bridgehead atoms. The highest BCUT2D eigenvalue weighted by Gasteiger charge is 2.23. The molecular formula is C20H25FN6O3S2. The molecule has 2 aromatic heterocycles. The molecule has 32 heavy (non-hydrogen) atoms. The van der Waals surface area contributed by atoms with Gasteiger partial charge in [-0.25, -0.2) is 23.4 Å². The third-order valence-corrected chi connectivity index (χ3v) is 7.20. The van der Waals surface area contributed by atoms with Gasteiger partial charge in [0.25, 0.3) is 0 Å². The highest BCUT2D eigenvalue weighted by atomic mass is 32.2. The Morgan fingerprint density at radius 1 is 1.25 bits per heavy atom. The van der Waals surface area contributed by atoms with E-state index in [2.05, 4.69) is 25.6 Å². The first kappa shape index (κ1) is 23.8. The molecule has 0 amide bonds. The van der Waals surface area contributed by atoms with Crippen LogP contribution in [0.25, 0.3) is 0 Å². The number of aromatic nitrogens is 3. The summed E-state index contributed by atoms with van der Waals surface area (Å²) in [6, 6.07) is 6.22. The number of thiazole rings is 1. The number of nitrogens with zero attached hydrogens (tertiary/aromatic N) is 3. The van der Waals surface area contributed by atoms with E-state index in [-0.39, 0.29) is 25.9 Å². The summed E-state index contributed by atoms with van der Waals surface area (Å²) >= 11 is 0.868. The lowest BCUT2D eigenvalue weighted by Gasteiger charge is -2.20. The summed E-state index contributed by atoms with van der Waals surface area (Å²) in [5, 5.41) is 5.79. The molecule has 0 spiro atoms. The fraction of sp³-hybridized carbons (Fsp3) is 0.350. The van der Waals surface area contributed by atoms with E-state index in [9.17, 15) is 12.8 Å². The van der Waals surface area contributed by atoms with Crippen molar-refractivity contribution < 1.29 is 17.5 Å². The Morgan fingerprint density at radius 2 is 1.97 bits per heavy atom. The first-order valence-electron chi connectivity index (χ1n) is 9.77. The molecule has 172 valence electrons. The number of sulfone groups is 1. The maximum atomic E-state index is 14.9. The van der Waals surface area contributed by atoms with Gasteiger partial charge in [0.2, 0.25) is 15.7 Å². The molecular weight excluding hydrogens is 455 g/mol. The Bertz CT molecular complexity index is 1210. The van der Waals surface area contributed by atoms with Crippen LogP contribution in [0.2, 0.25) is 0 Å². The third kappa shape index (κ3) is 5.69. The number of anilines is 3. The largest absolute Gasteiger partial charge is 0.494 e. The number of halogens is 1. The van der Waals surface area contributed by atoms with Crippen LogP contribution in [0.4, 0.5) is 21.2 Å². The van der Waals surface area contributed by atoms with Crippen LogP contribution >= 0.6 is 11.3 Å². The Labute approximate surface area is 190 Å². The van der Waals surface area contributed by atoms with E-state index < -0.39 is 21.2 Å². The van der Waals surface area contributed by atoms with Crippen LogP contribution < -0.4 is 21.1 Å². The van der Waals surface area contributed by atoms with Gasteiger partial charge in [-0.15, -0.1) is 0 Å². The van der Waals surface area contributed by atoms with Gasteiger partial charge in [0.15, 0.2) is 16.8 Å². The van der Waals surface area contributed by atoms with Crippen LogP contribution in [0, 0.1) is 12.7 Å². The van der Waals surface area contributed by atoms with Gasteiger partial charge in [0, 0.05) is 12.1 Å². The van der Waals surface area contributed by atoms with Crippen LogP contribution in [0.1, 0.15) is 26.6 Å². The van der Waals surface area contributed by atoms with E-state index in [1.54, 1.807) is 32.9 Å². The lowest BCUT2D eigenvalue weighted by atomic mass is 10.1. The maximum absolute atomic E-state index is 14.9. The Kier molecular flexibility index (Phi) is 6.96. The van der Waals surface area contributed by atoms with Gasteiger partial charge in [-0.3, -0.25) is 0 Å². The van der Waals surface area contributed by atoms with Crippen molar-refractivity contribution in [1.29, 1.82) is 0 Å². The Hall–Kier alpha value is -2.83. The Morgan fingerprint density at radius 3 is 2.66 bits per heavy atom. The van der Waals surface area contributed by atoms with Crippen LogP contribution in [-0.4, -0.2) is 42.1 Å². The molecule has 0 unspecified atom stereocenters. The molecule has 12 heteroatoms. The van der Waals surface area contributed by atoms with E-state index >= 15 is 0 Å². The average Bonchev–Trinajstić information content (AvgIpc) is 3.18. The fourth-order valence-corrected chi connectivity index (χ4v) is 5.09. The van der Waals surface area contributed by atoms with E-state index in [0.717, 1.165) is 11.3 Å². The minimum Gasteiger partial charge on any atom is -0.494 e. The third-order valence-electron chi connectivity index (χ3n) is 4.08. The number of ether oxygens (including phenoxy) is 1. The van der Waals surface area contributed by atoms with Crippen molar-refractivity contribution in [1.82, 2.24) is 15.0 Å². The zero-order chi connectivity index (χ0) is 23.5. The van der Waals surface area contributed by atoms with E-state index in [4.69, 9.17) is 10.5 Å². The van der Waals surface area contributed by atoms with Gasteiger partial charge < -0.3 is 21.1 Å². The quantitative estimate of drug-likeness (QED) is 0.421. The zero-order valence-corrected chi connectivity index (χ0v) is 19.8. The maximum Gasteiger partial charge on any atom is 0.217 e. The molecule has 0 aliphatic heterocycles. The van der Waals surface area contributed by atoms with E-state index in [0.29, 0.717) is 24.7 Å². The first-order valence-corrected chi connectivity index (χ1v) is 12.1. The van der Waals surface area contributed by atoms with Crippen molar-refractivity contribution in [2.45, 2.75) is 42.3 Å². The number of hydrogen-bond donors (Lipinski definition) is 3. The normalized spacial score (nSPS) is 11.9. The molecule has 0 saturated heterocycles. The highest BCUT2D eigenvalue weighted by molar-refractivity contribution is 7.93. The number of rotatable bonds is 9. The van der Waals surface area contributed by atoms with Crippen molar-refractivity contribution in [2.24, 2.45) is 5.73 Å². The number of nitrogens with one attached hydrogen (secondary N) is 2. The summed E-state index contributed by atoms with van der Waals surface area (Å²) in [7, 11) is -3.82. The molecule has 3 aromatic rings. The van der Waals surface area contributed by atoms with Gasteiger partial charge in [0.1, 0.15) is 15.8 Å². The minimum atomic E-state index is -3.82. The number of benzene rings is 1. The summed E-state index contributed by atoms with van der Waals surface area (Å²) in [5.74, 6) is -0.0648. The second-order valence-electron chi connectivity index (χ2n) is 7.64. The summed E-state index contributed by atoms with van der Waals surface area (Å²) in [5.41, 5.74) is 5.36. The first-order chi connectivity index (χ1) is 15.0. The lowest BCUT2D eigenvalue weighted by Crippen LogP contribution is -2.40. The smallest absolute Gasteiger partial charge is 0.217 e. The van der Waals surface area contributed by atoms with Crippen LogP contribution in [0.3, 0.4) is 0 Å². The molecule has 0 saturated carbocycles. The lowest BCUT2D eigenvalue weighted by molar-refractivity contribution is 0.339. The molecule has 1 aromatic carbocycles. The highest BCUT2D eigenvalue weighted by Crippen LogP contribution is 2.32. The van der Waals surface area contributed by atoms with Crippen LogP contribution in [0.15, 0.2) is 39.6 Å². The van der Waals surface area contributed by atoms with Crippen LogP contribution in [-0.2, 0) is 9.84 Å². The van der Waals surface area contributed by atoms with Gasteiger partial charge in [-0.1, -0.05) is 17.4 Å². The van der Waals surface area contributed by atoms with E-state index in [1.165, 1.54) is 18.3 Å². The monoisotopic (exact) mass is 480 g/mol. The minimum absolute atomic E-state index is 0.00284. The standard InChI is InChI=1S/C20H25FN6O3S2/c1-5-30-13-7-6-8-14(9-13)32(28,29)15-10-23-19(31-15)27-18-16(21)17(25-12(2)26-18)24-11-20(3,4)22/h6-10H,5,11,22H2,1-4H3,(H2,23,24,25,26,27). The topological polar surface area (TPSA) is 132 Å². The van der Waals surface area contributed by atoms with Gasteiger partial charge in [-0.2, -0.15) is 4.39 Å². The molecule has 0 atom stereocenters. The summed E-state index contributed by atoms with van der Waals surface area (Å²) in [6.45, 7) is 7.74. The number of hydrogen-bond acceptors (Lipinski definition) is 10. The van der Waals surface area contributed by atoms with Crippen molar-refractivity contribution in [3.8, 4) is 5.75 Å². The van der Waals surface area contributed by atoms with Crippen molar-refractivity contribution >= 4 is 37.9 Å². The van der Waals surface area contributed by atoms with Crippen LogP contribution in [0.5, 0.6) is 5.75 Å². The Balaban J connectivity index is 1.85. The van der Waals surface area contributed by atoms with E-state index in [1.807, 2.05) is 6.92 Å². The summed E-state index contributed by atoms with van der Waals surface area (Å²) in [4.78, 5) is 12.3. The molecule has 0 fully saturated rings. The van der Waals surface area contributed by atoms with Crippen molar-refractivity contribution in [2.75, 3.05) is 23.8 Å². The SMILES string of the molecule is CCOc1cccc(S(=O)(=O)c2cnc(Nc3nc(C)nc(NCC(C)(C)N)c3F)s2)c1. The second kappa shape index (κ2) is 9.35. The molecule has 9 nitrogen and oxygen atoms in total. The molecule has 0 radical (unpaired) electrons. The molecule has 3 rings (SSSR count). The number of nitrogens with two attached hydrogens (primary N) is 1. The van der Waals surface area contributed by atoms with Gasteiger partial charge >= 0.3 is 0 Å². The molecule has 0 aliphatic rings. The predicted molar refractivity (Wildman–Crippen MR) is 122 cm³/mol. The van der Waals surface area contributed by atoms with Crippen molar-refractivity contribution in [3.63, 3.8) is 0 Å². The molecule has 4 N–H and O–H groups in total. The average molecular weight is 481 g/mol.